The fourth-order valence-electron chi connectivity index (χ4n) is 2.09. The summed E-state index contributed by atoms with van der Waals surface area (Å²) in [4.78, 5) is 33.8. The van der Waals surface area contributed by atoms with Crippen molar-refractivity contribution in [3.05, 3.63) is 0 Å². The lowest BCUT2D eigenvalue weighted by molar-refractivity contribution is -0.172. The van der Waals surface area contributed by atoms with E-state index in [4.69, 9.17) is 21.9 Å². The number of primary amides is 2. The minimum atomic E-state index is -1.27. The van der Waals surface area contributed by atoms with Crippen LogP contribution in [-0.2, 0) is 19.1 Å². The summed E-state index contributed by atoms with van der Waals surface area (Å²) in [6.45, 7) is 0. The second-order valence-corrected chi connectivity index (χ2v) is 4.62. The van der Waals surface area contributed by atoms with Crippen molar-refractivity contribution in [1.29, 1.82) is 0 Å². The highest BCUT2D eigenvalue weighted by Crippen LogP contribution is 2.31. The molecule has 7 heteroatoms. The lowest BCUT2D eigenvalue weighted by Gasteiger charge is -2.34. The van der Waals surface area contributed by atoms with Crippen molar-refractivity contribution >= 4 is 17.8 Å². The summed E-state index contributed by atoms with van der Waals surface area (Å²) in [5.74, 6) is -2.17. The molecule has 1 fully saturated rings. The number of rotatable bonds is 5. The molecule has 1 atom stereocenters. The Labute approximate surface area is 105 Å². The fraction of sp³-hybridized carbons (Fsp3) is 0.727. The molecule has 0 aromatic rings. The maximum absolute atomic E-state index is 11.7. The number of nitrogens with two attached hydrogens (primary N) is 3. The van der Waals surface area contributed by atoms with Crippen LogP contribution in [0.25, 0.3) is 0 Å². The van der Waals surface area contributed by atoms with Gasteiger partial charge in [0.25, 0.3) is 5.91 Å². The quantitative estimate of drug-likeness (QED) is 0.538. The van der Waals surface area contributed by atoms with E-state index in [9.17, 15) is 14.4 Å². The van der Waals surface area contributed by atoms with Crippen molar-refractivity contribution in [1.82, 2.24) is 0 Å². The van der Waals surface area contributed by atoms with Crippen molar-refractivity contribution in [3.63, 3.8) is 0 Å². The molecule has 2 amide bonds. The molecule has 18 heavy (non-hydrogen) atoms. The standard InChI is InChI=1S/C11H19N3O4/c12-7(6-8(13)15)9(16)18-11(10(14)17)4-2-1-3-5-11/h7H,1-6,12H2,(H2,13,15)(H2,14,17)/t7-/m0/s1. The zero-order chi connectivity index (χ0) is 13.8. The van der Waals surface area contributed by atoms with Gasteiger partial charge in [-0.15, -0.1) is 0 Å². The van der Waals surface area contributed by atoms with Crippen molar-refractivity contribution in [2.45, 2.75) is 50.2 Å². The largest absolute Gasteiger partial charge is 0.448 e. The molecule has 0 spiro atoms. The van der Waals surface area contributed by atoms with Crippen LogP contribution in [0.5, 0.6) is 0 Å². The predicted molar refractivity (Wildman–Crippen MR) is 62.9 cm³/mol. The average Bonchev–Trinajstić information content (AvgIpc) is 2.29. The second-order valence-electron chi connectivity index (χ2n) is 4.62. The third kappa shape index (κ3) is 3.43. The number of hydrogen-bond acceptors (Lipinski definition) is 5. The van der Waals surface area contributed by atoms with E-state index in [1.165, 1.54) is 0 Å². The zero-order valence-electron chi connectivity index (χ0n) is 10.2. The molecule has 0 heterocycles. The molecule has 6 N–H and O–H groups in total. The molecule has 7 nitrogen and oxygen atoms in total. The first-order valence-corrected chi connectivity index (χ1v) is 5.94. The van der Waals surface area contributed by atoms with Crippen LogP contribution in [0.3, 0.4) is 0 Å². The lowest BCUT2D eigenvalue weighted by atomic mass is 9.84. The fourth-order valence-corrected chi connectivity index (χ4v) is 2.09. The van der Waals surface area contributed by atoms with Gasteiger partial charge in [0.15, 0.2) is 5.60 Å². The predicted octanol–water partition coefficient (Wildman–Crippen LogP) is -1.08. The highest BCUT2D eigenvalue weighted by molar-refractivity contribution is 5.89. The van der Waals surface area contributed by atoms with Gasteiger partial charge in [0.2, 0.25) is 5.91 Å². The minimum Gasteiger partial charge on any atom is -0.448 e. The number of carbonyl (C=O) groups is 3. The van der Waals surface area contributed by atoms with Crippen molar-refractivity contribution in [2.24, 2.45) is 17.2 Å². The average molecular weight is 257 g/mol. The summed E-state index contributed by atoms with van der Waals surface area (Å²) in [6, 6.07) is -1.15. The van der Waals surface area contributed by atoms with Gasteiger partial charge < -0.3 is 21.9 Å². The van der Waals surface area contributed by atoms with Gasteiger partial charge in [-0.1, -0.05) is 6.42 Å². The lowest BCUT2D eigenvalue weighted by Crippen LogP contribution is -2.51. The summed E-state index contributed by atoms with van der Waals surface area (Å²) in [5, 5.41) is 0. The van der Waals surface area contributed by atoms with Gasteiger partial charge in [-0.25, -0.2) is 0 Å². The van der Waals surface area contributed by atoms with Crippen LogP contribution in [0.1, 0.15) is 38.5 Å². The Morgan fingerprint density at radius 2 is 1.67 bits per heavy atom. The normalized spacial score (nSPS) is 19.8. The maximum atomic E-state index is 11.7. The minimum absolute atomic E-state index is 0.312. The zero-order valence-corrected chi connectivity index (χ0v) is 10.2. The summed E-state index contributed by atoms with van der Waals surface area (Å²) in [5.41, 5.74) is 14.4. The molecule has 0 aromatic carbocycles. The van der Waals surface area contributed by atoms with Gasteiger partial charge in [0, 0.05) is 0 Å². The first-order chi connectivity index (χ1) is 8.37. The highest BCUT2D eigenvalue weighted by Gasteiger charge is 2.42. The van der Waals surface area contributed by atoms with E-state index in [0.717, 1.165) is 19.3 Å². The van der Waals surface area contributed by atoms with Crippen molar-refractivity contribution < 1.29 is 19.1 Å². The Kier molecular flexibility index (Phi) is 4.66. The number of amides is 2. The smallest absolute Gasteiger partial charge is 0.324 e. The first kappa shape index (κ1) is 14.4. The Morgan fingerprint density at radius 3 is 2.11 bits per heavy atom. The molecule has 0 bridgehead atoms. The molecule has 0 aliphatic heterocycles. The van der Waals surface area contributed by atoms with E-state index >= 15 is 0 Å². The van der Waals surface area contributed by atoms with Crippen LogP contribution >= 0.6 is 0 Å². The van der Waals surface area contributed by atoms with Crippen LogP contribution in [-0.4, -0.2) is 29.4 Å². The van der Waals surface area contributed by atoms with Crippen molar-refractivity contribution in [3.8, 4) is 0 Å². The summed E-state index contributed by atoms with van der Waals surface area (Å²) in [6.07, 6.45) is 2.99. The Bertz CT molecular complexity index is 350. The van der Waals surface area contributed by atoms with Gasteiger partial charge in [-0.2, -0.15) is 0 Å². The van der Waals surface area contributed by atoms with Crippen LogP contribution in [0.15, 0.2) is 0 Å². The molecular formula is C11H19N3O4. The second kappa shape index (κ2) is 5.81. The van der Waals surface area contributed by atoms with Gasteiger partial charge in [-0.3, -0.25) is 14.4 Å². The van der Waals surface area contributed by atoms with Gasteiger partial charge in [-0.05, 0) is 25.7 Å². The molecule has 1 aliphatic rings. The molecule has 1 rings (SSSR count). The van der Waals surface area contributed by atoms with E-state index in [2.05, 4.69) is 0 Å². The third-order valence-corrected chi connectivity index (χ3v) is 3.13. The molecule has 0 saturated heterocycles. The van der Waals surface area contributed by atoms with Crippen molar-refractivity contribution in [2.75, 3.05) is 0 Å². The van der Waals surface area contributed by atoms with Crippen LogP contribution in [0.2, 0.25) is 0 Å². The van der Waals surface area contributed by atoms with Gasteiger partial charge in [0.05, 0.1) is 6.42 Å². The summed E-state index contributed by atoms with van der Waals surface area (Å²) < 4.78 is 5.16. The van der Waals surface area contributed by atoms with Gasteiger partial charge in [0.1, 0.15) is 6.04 Å². The third-order valence-electron chi connectivity index (χ3n) is 3.13. The van der Waals surface area contributed by atoms with E-state index < -0.39 is 29.4 Å². The van der Waals surface area contributed by atoms with Crippen LogP contribution in [0, 0.1) is 0 Å². The molecule has 102 valence electrons. The monoisotopic (exact) mass is 257 g/mol. The Morgan fingerprint density at radius 1 is 1.11 bits per heavy atom. The molecule has 0 unspecified atom stereocenters. The topological polar surface area (TPSA) is 138 Å². The molecular weight excluding hydrogens is 238 g/mol. The summed E-state index contributed by atoms with van der Waals surface area (Å²) >= 11 is 0. The molecule has 0 aromatic heterocycles. The number of hydrogen-bond donors (Lipinski definition) is 3. The van der Waals surface area contributed by atoms with E-state index in [1.54, 1.807) is 0 Å². The van der Waals surface area contributed by atoms with Crippen LogP contribution < -0.4 is 17.2 Å². The maximum Gasteiger partial charge on any atom is 0.324 e. The highest BCUT2D eigenvalue weighted by atomic mass is 16.6. The molecule has 1 aliphatic carbocycles. The Balaban J connectivity index is 2.69. The summed E-state index contributed by atoms with van der Waals surface area (Å²) in [7, 11) is 0. The van der Waals surface area contributed by atoms with Crippen LogP contribution in [0.4, 0.5) is 0 Å². The SMILES string of the molecule is NC(=O)C[C@H](N)C(=O)OC1(C(N)=O)CCCCC1. The Hall–Kier alpha value is -1.63. The number of carbonyl (C=O) groups excluding carboxylic acids is 3. The number of ether oxygens (including phenoxy) is 1. The van der Waals surface area contributed by atoms with E-state index in [1.807, 2.05) is 0 Å². The molecule has 0 radical (unpaired) electrons. The molecule has 1 saturated carbocycles. The van der Waals surface area contributed by atoms with E-state index in [-0.39, 0.29) is 6.42 Å². The van der Waals surface area contributed by atoms with E-state index in [0.29, 0.717) is 12.8 Å². The first-order valence-electron chi connectivity index (χ1n) is 5.94. The number of esters is 1. The van der Waals surface area contributed by atoms with Gasteiger partial charge >= 0.3 is 5.97 Å².